The zero-order valence-corrected chi connectivity index (χ0v) is 9.40. The van der Waals surface area contributed by atoms with E-state index in [4.69, 9.17) is 5.26 Å². The van der Waals surface area contributed by atoms with Crippen LogP contribution >= 0.6 is 0 Å². The van der Waals surface area contributed by atoms with Crippen LogP contribution in [0.4, 0.5) is 0 Å². The van der Waals surface area contributed by atoms with Gasteiger partial charge in [-0.2, -0.15) is 10.4 Å². The molecule has 0 saturated heterocycles. The van der Waals surface area contributed by atoms with Gasteiger partial charge >= 0.3 is 0 Å². The van der Waals surface area contributed by atoms with Crippen molar-refractivity contribution >= 4 is 0 Å². The maximum Gasteiger partial charge on any atom is 0.0638 e. The monoisotopic (exact) mass is 206 g/mol. The molecule has 1 rings (SSSR count). The fourth-order valence-electron chi connectivity index (χ4n) is 1.52. The molecule has 0 saturated carbocycles. The highest BCUT2D eigenvalue weighted by Crippen LogP contribution is 1.99. The van der Waals surface area contributed by atoms with E-state index in [0.29, 0.717) is 12.5 Å². The summed E-state index contributed by atoms with van der Waals surface area (Å²) in [5, 5.41) is 16.1. The van der Waals surface area contributed by atoms with Crippen molar-refractivity contribution in [3.63, 3.8) is 0 Å². The zero-order chi connectivity index (χ0) is 11.1. The van der Waals surface area contributed by atoms with Crippen LogP contribution in [-0.2, 0) is 13.5 Å². The second kappa shape index (κ2) is 6.20. The summed E-state index contributed by atoms with van der Waals surface area (Å²) in [5.74, 6) is 0. The van der Waals surface area contributed by atoms with Crippen LogP contribution in [0.5, 0.6) is 0 Å². The number of hydrogen-bond acceptors (Lipinski definition) is 3. The Morgan fingerprint density at radius 2 is 2.47 bits per heavy atom. The van der Waals surface area contributed by atoms with Crippen molar-refractivity contribution in [2.75, 3.05) is 6.54 Å². The molecule has 0 spiro atoms. The lowest BCUT2D eigenvalue weighted by molar-refractivity contribution is 0.503. The van der Waals surface area contributed by atoms with Crippen LogP contribution in [0.25, 0.3) is 0 Å². The van der Waals surface area contributed by atoms with E-state index in [1.54, 1.807) is 0 Å². The highest BCUT2D eigenvalue weighted by molar-refractivity contribution is 5.00. The fraction of sp³-hybridized carbons (Fsp3) is 0.636. The first kappa shape index (κ1) is 11.7. The van der Waals surface area contributed by atoms with E-state index in [1.165, 1.54) is 5.69 Å². The average molecular weight is 206 g/mol. The molecule has 4 nitrogen and oxygen atoms in total. The van der Waals surface area contributed by atoms with Crippen LogP contribution in [0.3, 0.4) is 0 Å². The first-order chi connectivity index (χ1) is 7.27. The van der Waals surface area contributed by atoms with Crippen molar-refractivity contribution in [2.45, 2.75) is 32.2 Å². The van der Waals surface area contributed by atoms with Crippen molar-refractivity contribution in [1.82, 2.24) is 15.1 Å². The highest BCUT2D eigenvalue weighted by atomic mass is 15.3. The smallest absolute Gasteiger partial charge is 0.0638 e. The van der Waals surface area contributed by atoms with Gasteiger partial charge in [0.2, 0.25) is 0 Å². The first-order valence-electron chi connectivity index (χ1n) is 5.35. The molecule has 15 heavy (non-hydrogen) atoms. The van der Waals surface area contributed by atoms with Crippen LogP contribution < -0.4 is 5.32 Å². The zero-order valence-electron chi connectivity index (χ0n) is 9.40. The second-order valence-electron chi connectivity index (χ2n) is 3.62. The van der Waals surface area contributed by atoms with Crippen LogP contribution in [0.15, 0.2) is 12.3 Å². The Morgan fingerprint density at radius 3 is 3.00 bits per heavy atom. The Balaban J connectivity index is 2.27. The van der Waals surface area contributed by atoms with Gasteiger partial charge in [-0.05, 0) is 12.5 Å². The number of hydrogen-bond donors (Lipinski definition) is 1. The minimum absolute atomic E-state index is 0.322. The summed E-state index contributed by atoms with van der Waals surface area (Å²) in [6, 6.07) is 4.54. The van der Waals surface area contributed by atoms with Crippen LogP contribution in [0.2, 0.25) is 0 Å². The van der Waals surface area contributed by atoms with Gasteiger partial charge < -0.3 is 5.32 Å². The maximum atomic E-state index is 8.59. The third-order valence-corrected chi connectivity index (χ3v) is 2.57. The van der Waals surface area contributed by atoms with E-state index >= 15 is 0 Å². The predicted octanol–water partition coefficient (Wildman–Crippen LogP) is 1.24. The molecular formula is C11H18N4. The second-order valence-corrected chi connectivity index (χ2v) is 3.62. The summed E-state index contributed by atoms with van der Waals surface area (Å²) >= 11 is 0. The molecule has 0 radical (unpaired) electrons. The Hall–Kier alpha value is -1.34. The molecule has 1 heterocycles. The lowest BCUT2D eigenvalue weighted by Gasteiger charge is -2.13. The molecule has 82 valence electrons. The quantitative estimate of drug-likeness (QED) is 0.762. The largest absolute Gasteiger partial charge is 0.313 e. The van der Waals surface area contributed by atoms with E-state index < -0.39 is 0 Å². The summed E-state index contributed by atoms with van der Waals surface area (Å²) in [4.78, 5) is 0. The number of aromatic nitrogens is 2. The van der Waals surface area contributed by atoms with Crippen LogP contribution in [0, 0.1) is 11.3 Å². The van der Waals surface area contributed by atoms with Gasteiger partial charge in [-0.3, -0.25) is 4.68 Å². The molecule has 0 aliphatic carbocycles. The number of nitrogens with one attached hydrogen (secondary N) is 1. The summed E-state index contributed by atoms with van der Waals surface area (Å²) in [6.45, 7) is 3.00. The topological polar surface area (TPSA) is 53.6 Å². The van der Waals surface area contributed by atoms with E-state index in [9.17, 15) is 0 Å². The molecule has 1 N–H and O–H groups in total. The normalized spacial score (nSPS) is 12.3. The van der Waals surface area contributed by atoms with Gasteiger partial charge in [-0.1, -0.05) is 6.92 Å². The van der Waals surface area contributed by atoms with Gasteiger partial charge in [0.15, 0.2) is 0 Å². The van der Waals surface area contributed by atoms with Crippen molar-refractivity contribution in [1.29, 1.82) is 5.26 Å². The number of aryl methyl sites for hydroxylation is 1. The Bertz CT molecular complexity index is 324. The molecule has 0 fully saturated rings. The molecule has 1 aromatic heterocycles. The van der Waals surface area contributed by atoms with E-state index in [-0.39, 0.29) is 0 Å². The third-order valence-electron chi connectivity index (χ3n) is 2.57. The average Bonchev–Trinajstić information content (AvgIpc) is 2.63. The third kappa shape index (κ3) is 3.72. The predicted molar refractivity (Wildman–Crippen MR) is 59.2 cm³/mol. The minimum atomic E-state index is 0.322. The van der Waals surface area contributed by atoms with Gasteiger partial charge in [-0.15, -0.1) is 0 Å². The molecule has 0 aliphatic rings. The number of rotatable bonds is 6. The van der Waals surface area contributed by atoms with Crippen LogP contribution in [0.1, 0.15) is 25.5 Å². The van der Waals surface area contributed by atoms with Crippen molar-refractivity contribution in [3.8, 4) is 6.07 Å². The molecule has 0 bridgehead atoms. The molecule has 0 amide bonds. The van der Waals surface area contributed by atoms with Crippen LogP contribution in [-0.4, -0.2) is 22.4 Å². The number of nitriles is 1. The number of nitrogens with zero attached hydrogens (tertiary/aromatic N) is 3. The van der Waals surface area contributed by atoms with Gasteiger partial charge in [0.05, 0.1) is 12.5 Å². The van der Waals surface area contributed by atoms with Gasteiger partial charge in [0.25, 0.3) is 0 Å². The van der Waals surface area contributed by atoms with Crippen molar-refractivity contribution in [3.05, 3.63) is 18.0 Å². The van der Waals surface area contributed by atoms with E-state index in [0.717, 1.165) is 19.4 Å². The summed E-state index contributed by atoms with van der Waals surface area (Å²) in [5.41, 5.74) is 1.22. The lowest BCUT2D eigenvalue weighted by atomic mass is 10.1. The SMILES string of the molecule is CCC(CC#N)NCCc1ccnn1C. The molecule has 1 unspecified atom stereocenters. The summed E-state index contributed by atoms with van der Waals surface area (Å²) in [6.07, 6.45) is 4.35. The fourth-order valence-corrected chi connectivity index (χ4v) is 1.52. The summed E-state index contributed by atoms with van der Waals surface area (Å²) in [7, 11) is 1.95. The summed E-state index contributed by atoms with van der Waals surface area (Å²) < 4.78 is 1.88. The molecule has 1 aromatic rings. The molecular weight excluding hydrogens is 188 g/mol. The van der Waals surface area contributed by atoms with Gasteiger partial charge in [-0.25, -0.2) is 0 Å². The van der Waals surface area contributed by atoms with E-state index in [2.05, 4.69) is 23.4 Å². The molecule has 1 atom stereocenters. The minimum Gasteiger partial charge on any atom is -0.313 e. The van der Waals surface area contributed by atoms with E-state index in [1.807, 2.05) is 24.0 Å². The maximum absolute atomic E-state index is 8.59. The van der Waals surface area contributed by atoms with Gasteiger partial charge in [0, 0.05) is 37.9 Å². The highest BCUT2D eigenvalue weighted by Gasteiger charge is 2.04. The standard InChI is InChI=1S/C11H18N4/c1-3-10(4-7-12)13-8-5-11-6-9-14-15(11)2/h6,9-10,13H,3-5,8H2,1-2H3. The lowest BCUT2D eigenvalue weighted by Crippen LogP contribution is -2.30. The molecule has 0 aliphatic heterocycles. The Morgan fingerprint density at radius 1 is 1.67 bits per heavy atom. The Kier molecular flexibility index (Phi) is 4.85. The molecule has 0 aromatic carbocycles. The first-order valence-corrected chi connectivity index (χ1v) is 5.35. The van der Waals surface area contributed by atoms with Gasteiger partial charge in [0.1, 0.15) is 0 Å². The van der Waals surface area contributed by atoms with Crippen molar-refractivity contribution < 1.29 is 0 Å². The Labute approximate surface area is 90.9 Å². The van der Waals surface area contributed by atoms with Crippen molar-refractivity contribution in [2.24, 2.45) is 7.05 Å². The molecule has 4 heteroatoms.